The van der Waals surface area contributed by atoms with Crippen LogP contribution in [0.5, 0.6) is 5.88 Å². The molecule has 5 heteroatoms. The van der Waals surface area contributed by atoms with Crippen LogP contribution in [0.25, 0.3) is 10.9 Å². The van der Waals surface area contributed by atoms with Crippen molar-refractivity contribution in [3.63, 3.8) is 0 Å². The maximum atomic E-state index is 10.3. The van der Waals surface area contributed by atoms with E-state index in [-0.39, 0.29) is 11.6 Å². The van der Waals surface area contributed by atoms with Gasteiger partial charge in [-0.1, -0.05) is 11.6 Å². The molecule has 0 amide bonds. The molecule has 0 atom stereocenters. The number of aromatic amines is 1. The van der Waals surface area contributed by atoms with Crippen LogP contribution in [0.3, 0.4) is 0 Å². The first kappa shape index (κ1) is 8.07. The Labute approximate surface area is 78.1 Å². The summed E-state index contributed by atoms with van der Waals surface area (Å²) >= 11 is 5.71. The molecule has 0 spiro atoms. The van der Waals surface area contributed by atoms with E-state index >= 15 is 0 Å². The molecule has 1 aromatic heterocycles. The fraction of sp³-hybridized carbons (Fsp3) is 0. The number of benzene rings is 1. The van der Waals surface area contributed by atoms with Crippen LogP contribution < -0.4 is 0 Å². The van der Waals surface area contributed by atoms with Crippen molar-refractivity contribution in [3.05, 3.63) is 28.1 Å². The fourth-order valence-corrected chi connectivity index (χ4v) is 1.41. The van der Waals surface area contributed by atoms with Crippen LogP contribution in [0.2, 0.25) is 5.02 Å². The van der Waals surface area contributed by atoms with Crippen LogP contribution >= 0.6 is 11.6 Å². The molecule has 2 aromatic rings. The summed E-state index contributed by atoms with van der Waals surface area (Å²) in [5, 5.41) is 13.0. The van der Waals surface area contributed by atoms with Gasteiger partial charge in [0.05, 0.1) is 5.52 Å². The van der Waals surface area contributed by atoms with E-state index in [2.05, 4.69) is 10.2 Å². The molecule has 0 aliphatic carbocycles. The largest absolute Gasteiger partial charge is 0.493 e. The quantitative estimate of drug-likeness (QED) is 0.689. The van der Waals surface area contributed by atoms with Crippen molar-refractivity contribution < 1.29 is 5.11 Å². The van der Waals surface area contributed by atoms with Crippen LogP contribution in [-0.2, 0) is 0 Å². The second-order valence-corrected chi connectivity index (χ2v) is 3.04. The third-order valence-corrected chi connectivity index (χ3v) is 2.04. The van der Waals surface area contributed by atoms with E-state index in [9.17, 15) is 10.0 Å². The Morgan fingerprint density at radius 2 is 2.23 bits per heavy atom. The molecule has 66 valence electrons. The van der Waals surface area contributed by atoms with Crippen LogP contribution in [-0.4, -0.2) is 10.1 Å². The molecule has 0 fully saturated rings. The Morgan fingerprint density at radius 3 is 2.92 bits per heavy atom. The summed E-state index contributed by atoms with van der Waals surface area (Å²) in [5.74, 6) is -0.229. The molecule has 1 heterocycles. The zero-order valence-corrected chi connectivity index (χ0v) is 7.17. The molecule has 0 aliphatic rings. The summed E-state index contributed by atoms with van der Waals surface area (Å²) in [7, 11) is 0. The predicted molar refractivity (Wildman–Crippen MR) is 50.4 cm³/mol. The average molecular weight is 197 g/mol. The Hall–Kier alpha value is -1.55. The van der Waals surface area contributed by atoms with E-state index in [1.165, 1.54) is 0 Å². The fourth-order valence-electron chi connectivity index (χ4n) is 1.23. The molecule has 2 N–H and O–H groups in total. The van der Waals surface area contributed by atoms with E-state index in [1.807, 2.05) is 0 Å². The van der Waals surface area contributed by atoms with Gasteiger partial charge in [-0.25, -0.2) is 0 Å². The molecule has 0 aliphatic heterocycles. The Kier molecular flexibility index (Phi) is 1.70. The van der Waals surface area contributed by atoms with Gasteiger partial charge in [0.2, 0.25) is 5.88 Å². The molecule has 0 unspecified atom stereocenters. The zero-order valence-electron chi connectivity index (χ0n) is 6.41. The Balaban J connectivity index is 2.86. The number of halogens is 1. The Bertz CT molecular complexity index is 478. The topological polar surface area (TPSA) is 65.4 Å². The third-order valence-electron chi connectivity index (χ3n) is 1.81. The third kappa shape index (κ3) is 1.15. The maximum absolute atomic E-state index is 10.3. The zero-order chi connectivity index (χ0) is 9.42. The van der Waals surface area contributed by atoms with Gasteiger partial charge in [0.25, 0.3) is 0 Å². The lowest BCUT2D eigenvalue weighted by atomic mass is 10.2. The molecular formula is C8H5ClN2O2. The molecule has 0 saturated carbocycles. The van der Waals surface area contributed by atoms with Gasteiger partial charge < -0.3 is 10.1 Å². The van der Waals surface area contributed by atoms with E-state index in [4.69, 9.17) is 11.6 Å². The molecule has 13 heavy (non-hydrogen) atoms. The standard InChI is InChI=1S/C8H5ClN2O2/c9-4-1-2-5-6(3-4)10-8(12)7(5)11-13/h1-3,10,12H. The molecule has 0 bridgehead atoms. The van der Waals surface area contributed by atoms with Gasteiger partial charge >= 0.3 is 0 Å². The number of nitrogens with one attached hydrogen (secondary N) is 1. The minimum absolute atomic E-state index is 0.0201. The van der Waals surface area contributed by atoms with E-state index in [0.29, 0.717) is 15.9 Å². The Morgan fingerprint density at radius 1 is 1.46 bits per heavy atom. The highest BCUT2D eigenvalue weighted by Crippen LogP contribution is 2.35. The molecule has 4 nitrogen and oxygen atoms in total. The van der Waals surface area contributed by atoms with E-state index < -0.39 is 0 Å². The molecule has 2 rings (SSSR count). The van der Waals surface area contributed by atoms with Crippen molar-refractivity contribution in [2.75, 3.05) is 0 Å². The van der Waals surface area contributed by atoms with Crippen molar-refractivity contribution in [1.82, 2.24) is 4.98 Å². The number of fused-ring (bicyclic) bond motifs is 1. The highest BCUT2D eigenvalue weighted by atomic mass is 35.5. The van der Waals surface area contributed by atoms with E-state index in [0.717, 1.165) is 0 Å². The normalized spacial score (nSPS) is 10.5. The first-order valence-corrected chi connectivity index (χ1v) is 3.93. The van der Waals surface area contributed by atoms with Crippen LogP contribution in [0.4, 0.5) is 5.69 Å². The number of aromatic hydroxyl groups is 1. The van der Waals surface area contributed by atoms with Gasteiger partial charge in [-0.2, -0.15) is 0 Å². The highest BCUT2D eigenvalue weighted by Gasteiger charge is 2.10. The first-order valence-electron chi connectivity index (χ1n) is 3.56. The minimum Gasteiger partial charge on any atom is -0.493 e. The van der Waals surface area contributed by atoms with Gasteiger partial charge in [-0.15, -0.1) is 4.91 Å². The van der Waals surface area contributed by atoms with Crippen LogP contribution in [0, 0.1) is 4.91 Å². The van der Waals surface area contributed by atoms with Gasteiger partial charge in [0.1, 0.15) is 0 Å². The summed E-state index contributed by atoms with van der Waals surface area (Å²) in [6.45, 7) is 0. The summed E-state index contributed by atoms with van der Waals surface area (Å²) in [6, 6.07) is 4.88. The van der Waals surface area contributed by atoms with Gasteiger partial charge in [0.15, 0.2) is 5.69 Å². The first-order chi connectivity index (χ1) is 6.22. The number of nitroso groups, excluding NO2 is 1. The SMILES string of the molecule is O=Nc1c(O)[nH]c2cc(Cl)ccc12. The summed E-state index contributed by atoms with van der Waals surface area (Å²) in [5.41, 5.74) is 0.617. The second-order valence-electron chi connectivity index (χ2n) is 2.60. The van der Waals surface area contributed by atoms with Crippen LogP contribution in [0.1, 0.15) is 0 Å². The smallest absolute Gasteiger partial charge is 0.219 e. The second kappa shape index (κ2) is 2.74. The number of rotatable bonds is 1. The summed E-state index contributed by atoms with van der Waals surface area (Å²) in [4.78, 5) is 12.9. The van der Waals surface area contributed by atoms with Crippen molar-refractivity contribution in [1.29, 1.82) is 0 Å². The van der Waals surface area contributed by atoms with Gasteiger partial charge in [-0.3, -0.25) is 0 Å². The lowest BCUT2D eigenvalue weighted by Gasteiger charge is -1.89. The van der Waals surface area contributed by atoms with Crippen molar-refractivity contribution in [3.8, 4) is 5.88 Å². The van der Waals surface area contributed by atoms with Crippen molar-refractivity contribution in [2.24, 2.45) is 5.18 Å². The number of hydrogen-bond acceptors (Lipinski definition) is 3. The predicted octanol–water partition coefficient (Wildman–Crippen LogP) is 2.92. The maximum Gasteiger partial charge on any atom is 0.219 e. The average Bonchev–Trinajstić information content (AvgIpc) is 2.39. The summed E-state index contributed by atoms with van der Waals surface area (Å²) < 4.78 is 0. The molecule has 1 aromatic carbocycles. The highest BCUT2D eigenvalue weighted by molar-refractivity contribution is 6.31. The monoisotopic (exact) mass is 196 g/mol. The number of H-pyrrole nitrogens is 1. The van der Waals surface area contributed by atoms with E-state index in [1.54, 1.807) is 18.2 Å². The minimum atomic E-state index is -0.229. The number of nitrogens with zero attached hydrogens (tertiary/aromatic N) is 1. The van der Waals surface area contributed by atoms with Crippen molar-refractivity contribution in [2.45, 2.75) is 0 Å². The number of hydrogen-bond donors (Lipinski definition) is 2. The van der Waals surface area contributed by atoms with Crippen molar-refractivity contribution >= 4 is 28.2 Å². The van der Waals surface area contributed by atoms with Crippen LogP contribution in [0.15, 0.2) is 23.4 Å². The number of aromatic nitrogens is 1. The lowest BCUT2D eigenvalue weighted by molar-refractivity contribution is 0.460. The molecule has 0 saturated heterocycles. The van der Waals surface area contributed by atoms with Gasteiger partial charge in [-0.05, 0) is 23.4 Å². The lowest BCUT2D eigenvalue weighted by Crippen LogP contribution is -1.66. The molecule has 0 radical (unpaired) electrons. The van der Waals surface area contributed by atoms with Gasteiger partial charge in [0, 0.05) is 10.4 Å². The summed E-state index contributed by atoms with van der Waals surface area (Å²) in [6.07, 6.45) is 0. The molecular weight excluding hydrogens is 192 g/mol.